The van der Waals surface area contributed by atoms with Crippen molar-refractivity contribution in [3.05, 3.63) is 58.5 Å². The number of hydrogen-bond donors (Lipinski definition) is 4. The maximum Gasteiger partial charge on any atom is 0.242 e. The van der Waals surface area contributed by atoms with Gasteiger partial charge in [-0.25, -0.2) is 9.37 Å². The lowest BCUT2D eigenvalue weighted by Crippen LogP contribution is -2.50. The van der Waals surface area contributed by atoms with Crippen LogP contribution in [0.1, 0.15) is 48.2 Å². The van der Waals surface area contributed by atoms with Crippen molar-refractivity contribution >= 4 is 17.6 Å². The number of amides is 2. The van der Waals surface area contributed by atoms with Gasteiger partial charge in [0.05, 0.1) is 12.1 Å². The van der Waals surface area contributed by atoms with E-state index in [9.17, 15) is 14.0 Å². The molecule has 0 spiro atoms. The van der Waals surface area contributed by atoms with Gasteiger partial charge in [-0.15, -0.1) is 0 Å². The van der Waals surface area contributed by atoms with Crippen molar-refractivity contribution in [1.82, 2.24) is 20.9 Å². The summed E-state index contributed by atoms with van der Waals surface area (Å²) in [5, 5.41) is 9.13. The minimum absolute atomic E-state index is 0.116. The number of rotatable bonds is 6. The molecule has 1 unspecified atom stereocenters. The van der Waals surface area contributed by atoms with Crippen molar-refractivity contribution in [2.24, 2.45) is 5.92 Å². The number of nitrogens with one attached hydrogen (secondary N) is 3. The first-order valence-electron chi connectivity index (χ1n) is 11.1. The zero-order valence-electron chi connectivity index (χ0n) is 18.5. The van der Waals surface area contributed by atoms with E-state index in [2.05, 4.69) is 20.9 Å². The minimum Gasteiger partial charge on any atom is -0.384 e. The molecular weight excluding hydrogens is 409 g/mol. The number of aryl methyl sites for hydroxylation is 2. The second-order valence-electron chi connectivity index (χ2n) is 8.95. The fourth-order valence-corrected chi connectivity index (χ4v) is 4.81. The van der Waals surface area contributed by atoms with Crippen molar-refractivity contribution in [1.29, 1.82) is 0 Å². The Hall–Kier alpha value is -3.00. The molecule has 1 fully saturated rings. The maximum atomic E-state index is 13.1. The van der Waals surface area contributed by atoms with Crippen LogP contribution in [0.15, 0.2) is 30.3 Å². The van der Waals surface area contributed by atoms with Crippen LogP contribution in [-0.2, 0) is 22.4 Å². The van der Waals surface area contributed by atoms with Gasteiger partial charge in [-0.1, -0.05) is 12.1 Å². The zero-order chi connectivity index (χ0) is 22.8. The number of hydrogen-bond acceptors (Lipinski definition) is 5. The van der Waals surface area contributed by atoms with Crippen LogP contribution < -0.4 is 21.7 Å². The van der Waals surface area contributed by atoms with Crippen LogP contribution in [0.3, 0.4) is 0 Å². The quantitative estimate of drug-likeness (QED) is 0.550. The fraction of sp³-hybridized carbons (Fsp3) is 0.458. The third-order valence-corrected chi connectivity index (χ3v) is 6.43. The molecule has 0 saturated carbocycles. The van der Waals surface area contributed by atoms with Gasteiger partial charge in [0, 0.05) is 5.69 Å². The second-order valence-corrected chi connectivity index (χ2v) is 8.95. The summed E-state index contributed by atoms with van der Waals surface area (Å²) >= 11 is 0. The molecule has 1 aromatic carbocycles. The van der Waals surface area contributed by atoms with Crippen LogP contribution >= 0.6 is 0 Å². The number of aromatic nitrogens is 1. The highest BCUT2D eigenvalue weighted by molar-refractivity contribution is 5.89. The van der Waals surface area contributed by atoms with E-state index >= 15 is 0 Å². The van der Waals surface area contributed by atoms with E-state index in [0.29, 0.717) is 24.7 Å². The van der Waals surface area contributed by atoms with Crippen LogP contribution in [0, 0.1) is 18.7 Å². The summed E-state index contributed by atoms with van der Waals surface area (Å²) in [4.78, 5) is 29.8. The minimum atomic E-state index is -0.647. The van der Waals surface area contributed by atoms with Crippen molar-refractivity contribution in [3.63, 3.8) is 0 Å². The average molecular weight is 440 g/mol. The highest BCUT2D eigenvalue weighted by Crippen LogP contribution is 2.33. The monoisotopic (exact) mass is 439 g/mol. The first-order valence-corrected chi connectivity index (χ1v) is 11.1. The van der Waals surface area contributed by atoms with Crippen LogP contribution in [0.4, 0.5) is 10.2 Å². The third-order valence-electron chi connectivity index (χ3n) is 6.43. The van der Waals surface area contributed by atoms with Crippen LogP contribution in [0.2, 0.25) is 0 Å². The van der Waals surface area contributed by atoms with Gasteiger partial charge in [-0.2, -0.15) is 0 Å². The van der Waals surface area contributed by atoms with E-state index in [0.717, 1.165) is 41.6 Å². The third kappa shape index (κ3) is 4.91. The van der Waals surface area contributed by atoms with Crippen molar-refractivity contribution in [3.8, 4) is 0 Å². The number of nitrogens with zero attached hydrogens (tertiary/aromatic N) is 1. The molecule has 2 amide bonds. The van der Waals surface area contributed by atoms with Crippen molar-refractivity contribution in [2.75, 3.05) is 12.3 Å². The maximum absolute atomic E-state index is 13.1. The van der Waals surface area contributed by atoms with Gasteiger partial charge in [0.25, 0.3) is 0 Å². The predicted molar refractivity (Wildman–Crippen MR) is 120 cm³/mol. The van der Waals surface area contributed by atoms with Gasteiger partial charge >= 0.3 is 0 Å². The number of fused-ring (bicyclic) bond motifs is 1. The molecule has 0 radical (unpaired) electrons. The molecule has 5 N–H and O–H groups in total. The Bertz CT molecular complexity index is 1010. The lowest BCUT2D eigenvalue weighted by Gasteiger charge is -2.21. The molecule has 1 aromatic heterocycles. The van der Waals surface area contributed by atoms with E-state index < -0.39 is 6.04 Å². The summed E-state index contributed by atoms with van der Waals surface area (Å²) in [6.07, 6.45) is 3.01. The number of carbonyl (C=O) groups excluding carboxylic acids is 2. The Morgan fingerprint density at radius 2 is 2.06 bits per heavy atom. The Morgan fingerprint density at radius 3 is 2.81 bits per heavy atom. The molecule has 8 heteroatoms. The van der Waals surface area contributed by atoms with Crippen molar-refractivity contribution in [2.45, 2.75) is 57.7 Å². The van der Waals surface area contributed by atoms with Gasteiger partial charge in [-0.3, -0.25) is 9.59 Å². The highest BCUT2D eigenvalue weighted by atomic mass is 19.1. The summed E-state index contributed by atoms with van der Waals surface area (Å²) in [5.74, 6) is 0.147. The van der Waals surface area contributed by atoms with Gasteiger partial charge in [0.2, 0.25) is 11.8 Å². The van der Waals surface area contributed by atoms with Gasteiger partial charge in [0.1, 0.15) is 17.7 Å². The zero-order valence-corrected chi connectivity index (χ0v) is 18.5. The topological polar surface area (TPSA) is 109 Å². The number of benzene rings is 1. The second kappa shape index (κ2) is 9.24. The molecule has 7 nitrogen and oxygen atoms in total. The number of carbonyl (C=O) groups is 2. The number of nitrogens with two attached hydrogens (primary N) is 1. The summed E-state index contributed by atoms with van der Waals surface area (Å²) < 4.78 is 13.1. The summed E-state index contributed by atoms with van der Waals surface area (Å²) in [6, 6.07) is 7.19. The summed E-state index contributed by atoms with van der Waals surface area (Å²) in [7, 11) is 0. The molecular formula is C24H30FN5O2. The van der Waals surface area contributed by atoms with E-state index in [1.54, 1.807) is 19.1 Å². The molecule has 0 bridgehead atoms. The Kier molecular flexibility index (Phi) is 6.41. The van der Waals surface area contributed by atoms with Crippen LogP contribution in [0.5, 0.6) is 0 Å². The smallest absolute Gasteiger partial charge is 0.242 e. The Labute approximate surface area is 187 Å². The lowest BCUT2D eigenvalue weighted by molar-refractivity contribution is -0.129. The highest BCUT2D eigenvalue weighted by Gasteiger charge is 2.32. The normalized spacial score (nSPS) is 22.9. The predicted octanol–water partition coefficient (Wildman–Crippen LogP) is 1.94. The molecule has 4 atom stereocenters. The Morgan fingerprint density at radius 1 is 1.31 bits per heavy atom. The van der Waals surface area contributed by atoms with Crippen molar-refractivity contribution < 1.29 is 14.0 Å². The van der Waals surface area contributed by atoms with E-state index in [1.807, 2.05) is 13.0 Å². The number of halogens is 1. The molecule has 1 aliphatic heterocycles. The SMILES string of the molecule is Cc1cc(N)nc2c1C(NC(=O)[C@H](C)NC(=O)[C@H]1C[C@H](Cc3ccc(F)cc3)CN1)CC2. The van der Waals surface area contributed by atoms with Crippen LogP contribution in [-0.4, -0.2) is 35.4 Å². The van der Waals surface area contributed by atoms with E-state index in [-0.39, 0.29) is 29.7 Å². The lowest BCUT2D eigenvalue weighted by atomic mass is 9.96. The van der Waals surface area contributed by atoms with Crippen LogP contribution in [0.25, 0.3) is 0 Å². The van der Waals surface area contributed by atoms with E-state index in [4.69, 9.17) is 5.73 Å². The molecule has 2 aromatic rings. The molecule has 2 aliphatic rings. The molecule has 32 heavy (non-hydrogen) atoms. The van der Waals surface area contributed by atoms with Gasteiger partial charge < -0.3 is 21.7 Å². The first-order chi connectivity index (χ1) is 15.3. The summed E-state index contributed by atoms with van der Waals surface area (Å²) in [5.41, 5.74) is 9.88. The number of anilines is 1. The first kappa shape index (κ1) is 22.2. The molecule has 170 valence electrons. The standard InChI is InChI=1S/C24H30FN5O2/c1-13-9-21(26)29-18-7-8-19(22(13)18)30-23(31)14(2)28-24(32)20-11-16(12-27-20)10-15-3-5-17(25)6-4-15/h3-6,9,14,16,19-20,27H,7-8,10-12H2,1-2H3,(H2,26,29)(H,28,32)(H,30,31)/t14-,16-,19?,20+/m0/s1. The van der Waals surface area contributed by atoms with Gasteiger partial charge in [-0.05, 0) is 86.9 Å². The summed E-state index contributed by atoms with van der Waals surface area (Å²) in [6.45, 7) is 4.38. The molecule has 1 aliphatic carbocycles. The number of nitrogen functional groups attached to an aromatic ring is 1. The molecule has 2 heterocycles. The molecule has 1 saturated heterocycles. The largest absolute Gasteiger partial charge is 0.384 e. The molecule has 4 rings (SSSR count). The average Bonchev–Trinajstić information content (AvgIpc) is 3.37. The fourth-order valence-electron chi connectivity index (χ4n) is 4.81. The van der Waals surface area contributed by atoms with E-state index in [1.165, 1.54) is 12.1 Å². The number of pyridine rings is 1. The Balaban J connectivity index is 1.28. The van der Waals surface area contributed by atoms with Gasteiger partial charge in [0.15, 0.2) is 0 Å².